The summed E-state index contributed by atoms with van der Waals surface area (Å²) in [7, 11) is 0. The van der Waals surface area contributed by atoms with Gasteiger partial charge >= 0.3 is 0 Å². The minimum Gasteiger partial charge on any atom is -0.356 e. The summed E-state index contributed by atoms with van der Waals surface area (Å²) >= 11 is 0. The first-order chi connectivity index (χ1) is 14.3. The molecule has 1 aliphatic heterocycles. The van der Waals surface area contributed by atoms with Crippen LogP contribution in [-0.2, 0) is 4.79 Å². The lowest BCUT2D eigenvalue weighted by atomic mass is 9.96. The van der Waals surface area contributed by atoms with Crippen LogP contribution in [0.5, 0.6) is 0 Å². The average molecular weight is 391 g/mol. The number of amides is 1. The van der Waals surface area contributed by atoms with Crippen molar-refractivity contribution in [2.45, 2.75) is 44.9 Å². The Hall–Kier alpha value is -2.69. The summed E-state index contributed by atoms with van der Waals surface area (Å²) in [5.74, 6) is 1.85. The minimum absolute atomic E-state index is 0.0271. The van der Waals surface area contributed by atoms with Crippen molar-refractivity contribution in [3.8, 4) is 11.4 Å². The summed E-state index contributed by atoms with van der Waals surface area (Å²) < 4.78 is 0. The molecule has 0 unspecified atom stereocenters. The second-order valence-electron chi connectivity index (χ2n) is 8.04. The van der Waals surface area contributed by atoms with Gasteiger partial charge in [-0.2, -0.15) is 0 Å². The van der Waals surface area contributed by atoms with E-state index in [1.165, 1.54) is 31.3 Å². The van der Waals surface area contributed by atoms with E-state index in [1.54, 1.807) is 0 Å². The fraction of sp³-hybridized carbons (Fsp3) is 0.458. The van der Waals surface area contributed by atoms with Crippen molar-refractivity contribution in [1.29, 1.82) is 0 Å². The Balaban J connectivity index is 1.34. The number of hydrogen-bond donors (Lipinski definition) is 1. The number of hydrogen-bond acceptors (Lipinski definition) is 4. The molecule has 29 heavy (non-hydrogen) atoms. The van der Waals surface area contributed by atoms with Crippen molar-refractivity contribution in [2.24, 2.45) is 5.92 Å². The second kappa shape index (κ2) is 9.68. The number of carbonyl (C=O) groups excluding carboxylic acids is 1. The van der Waals surface area contributed by atoms with Crippen molar-refractivity contribution in [3.63, 3.8) is 0 Å². The van der Waals surface area contributed by atoms with Crippen molar-refractivity contribution in [2.75, 3.05) is 24.5 Å². The lowest BCUT2D eigenvalue weighted by molar-refractivity contribution is -0.125. The molecule has 5 heteroatoms. The van der Waals surface area contributed by atoms with Gasteiger partial charge in [-0.05, 0) is 51.0 Å². The molecule has 1 aromatic carbocycles. The summed E-state index contributed by atoms with van der Waals surface area (Å²) in [5, 5.41) is 3.17. The number of nitrogens with one attached hydrogen (secondary N) is 1. The maximum absolute atomic E-state index is 12.7. The van der Waals surface area contributed by atoms with Crippen LogP contribution in [0.25, 0.3) is 11.4 Å². The molecule has 1 fully saturated rings. The Morgan fingerprint density at radius 3 is 2.86 bits per heavy atom. The molecule has 2 aliphatic rings. The Bertz CT molecular complexity index is 849. The van der Waals surface area contributed by atoms with Gasteiger partial charge in [-0.3, -0.25) is 4.79 Å². The van der Waals surface area contributed by atoms with Crippen LogP contribution in [0.1, 0.15) is 44.9 Å². The van der Waals surface area contributed by atoms with Crippen molar-refractivity contribution < 1.29 is 4.79 Å². The number of nitrogens with zero attached hydrogens (tertiary/aromatic N) is 3. The van der Waals surface area contributed by atoms with E-state index in [4.69, 9.17) is 4.98 Å². The normalized spacial score (nSPS) is 19.5. The topological polar surface area (TPSA) is 58.1 Å². The molecule has 2 aromatic rings. The molecule has 1 N–H and O–H groups in total. The highest BCUT2D eigenvalue weighted by molar-refractivity contribution is 5.79. The molecule has 4 rings (SSSR count). The molecule has 2 heterocycles. The number of anilines is 1. The molecule has 152 valence electrons. The largest absolute Gasteiger partial charge is 0.356 e. The molecular weight excluding hydrogens is 360 g/mol. The van der Waals surface area contributed by atoms with Gasteiger partial charge in [0.15, 0.2) is 5.82 Å². The predicted octanol–water partition coefficient (Wildman–Crippen LogP) is 4.37. The zero-order chi connectivity index (χ0) is 19.9. The molecule has 5 nitrogen and oxygen atoms in total. The van der Waals surface area contributed by atoms with E-state index in [-0.39, 0.29) is 11.8 Å². The number of piperidine rings is 1. The van der Waals surface area contributed by atoms with Crippen molar-refractivity contribution in [1.82, 2.24) is 15.3 Å². The molecule has 1 atom stereocenters. The first kappa shape index (κ1) is 19.6. The molecular formula is C24H30N4O. The maximum Gasteiger partial charge on any atom is 0.224 e. The van der Waals surface area contributed by atoms with Crippen LogP contribution in [0, 0.1) is 5.92 Å². The van der Waals surface area contributed by atoms with E-state index in [2.05, 4.69) is 21.3 Å². The van der Waals surface area contributed by atoms with Gasteiger partial charge in [-0.1, -0.05) is 42.0 Å². The lowest BCUT2D eigenvalue weighted by Gasteiger charge is -2.33. The monoisotopic (exact) mass is 390 g/mol. The first-order valence-corrected chi connectivity index (χ1v) is 10.9. The molecule has 0 saturated carbocycles. The van der Waals surface area contributed by atoms with Gasteiger partial charge in [0.25, 0.3) is 0 Å². The Morgan fingerprint density at radius 2 is 2.03 bits per heavy atom. The first-order valence-electron chi connectivity index (χ1n) is 10.9. The van der Waals surface area contributed by atoms with Gasteiger partial charge in [-0.15, -0.1) is 0 Å². The van der Waals surface area contributed by atoms with Crippen molar-refractivity contribution >= 4 is 11.7 Å². The van der Waals surface area contributed by atoms with Crippen LogP contribution in [-0.4, -0.2) is 35.5 Å². The summed E-state index contributed by atoms with van der Waals surface area (Å²) in [6.07, 6.45) is 12.1. The van der Waals surface area contributed by atoms with Crippen LogP contribution in [0.15, 0.2) is 54.2 Å². The van der Waals surface area contributed by atoms with E-state index >= 15 is 0 Å². The molecule has 0 spiro atoms. The van der Waals surface area contributed by atoms with Gasteiger partial charge in [0.05, 0.1) is 5.92 Å². The van der Waals surface area contributed by atoms with E-state index in [9.17, 15) is 4.79 Å². The highest BCUT2D eigenvalue weighted by Crippen LogP contribution is 2.24. The van der Waals surface area contributed by atoms with Crippen molar-refractivity contribution in [3.05, 3.63) is 54.2 Å². The number of allylic oxidation sites excluding steroid dienone is 1. The van der Waals surface area contributed by atoms with Gasteiger partial charge < -0.3 is 10.2 Å². The summed E-state index contributed by atoms with van der Waals surface area (Å²) in [4.78, 5) is 24.1. The standard InChI is InChI=1S/C24H30N4O/c29-24(26-15-13-19-8-3-1-4-9-19)21-12-7-17-28(18-21)22-14-16-25-23(27-22)20-10-5-2-6-11-20/h2,5-6,8,10-11,14,16,21H,1,3-4,7,9,12-13,15,17-18H2,(H,26,29)/t21-/m0/s1. The number of benzene rings is 1. The summed E-state index contributed by atoms with van der Waals surface area (Å²) in [6, 6.07) is 12.0. The lowest BCUT2D eigenvalue weighted by Crippen LogP contribution is -2.43. The molecule has 1 aliphatic carbocycles. The Kier molecular flexibility index (Phi) is 6.55. The summed E-state index contributed by atoms with van der Waals surface area (Å²) in [5.41, 5.74) is 2.52. The van der Waals surface area contributed by atoms with Crippen LogP contribution >= 0.6 is 0 Å². The number of rotatable bonds is 6. The highest BCUT2D eigenvalue weighted by Gasteiger charge is 2.26. The van der Waals surface area contributed by atoms with Gasteiger partial charge in [0, 0.05) is 31.4 Å². The van der Waals surface area contributed by atoms with Gasteiger partial charge in [0.1, 0.15) is 5.82 Å². The van der Waals surface area contributed by atoms with E-state index in [1.807, 2.05) is 42.6 Å². The van der Waals surface area contributed by atoms with Gasteiger partial charge in [-0.25, -0.2) is 9.97 Å². The molecule has 0 radical (unpaired) electrons. The highest BCUT2D eigenvalue weighted by atomic mass is 16.1. The number of aromatic nitrogens is 2. The van der Waals surface area contributed by atoms with E-state index in [0.29, 0.717) is 0 Å². The molecule has 1 amide bonds. The van der Waals surface area contributed by atoms with Crippen LogP contribution in [0.3, 0.4) is 0 Å². The fourth-order valence-electron chi connectivity index (χ4n) is 4.27. The molecule has 0 bridgehead atoms. The third kappa shape index (κ3) is 5.22. The quantitative estimate of drug-likeness (QED) is 0.744. The Labute approximate surface area is 173 Å². The number of carbonyl (C=O) groups is 1. The average Bonchev–Trinajstić information content (AvgIpc) is 2.80. The SMILES string of the molecule is O=C(NCCC1=CCCCC1)[C@H]1CCCN(c2ccnc(-c3ccccc3)n2)C1. The zero-order valence-corrected chi connectivity index (χ0v) is 17.0. The molecule has 1 aromatic heterocycles. The maximum atomic E-state index is 12.7. The fourth-order valence-corrected chi connectivity index (χ4v) is 4.27. The zero-order valence-electron chi connectivity index (χ0n) is 17.0. The predicted molar refractivity (Wildman–Crippen MR) is 117 cm³/mol. The smallest absolute Gasteiger partial charge is 0.224 e. The van der Waals surface area contributed by atoms with E-state index < -0.39 is 0 Å². The van der Waals surface area contributed by atoms with E-state index in [0.717, 1.165) is 56.1 Å². The molecule has 1 saturated heterocycles. The van der Waals surface area contributed by atoms with Crippen LogP contribution in [0.2, 0.25) is 0 Å². The minimum atomic E-state index is 0.0271. The Morgan fingerprint density at radius 1 is 1.14 bits per heavy atom. The third-order valence-corrected chi connectivity index (χ3v) is 5.92. The third-order valence-electron chi connectivity index (χ3n) is 5.92. The van der Waals surface area contributed by atoms with Crippen LogP contribution in [0.4, 0.5) is 5.82 Å². The van der Waals surface area contributed by atoms with Gasteiger partial charge in [0.2, 0.25) is 5.91 Å². The second-order valence-corrected chi connectivity index (χ2v) is 8.04. The summed E-state index contributed by atoms with van der Waals surface area (Å²) in [6.45, 7) is 2.41. The van der Waals surface area contributed by atoms with Crippen LogP contribution < -0.4 is 10.2 Å².